The molecule has 0 aromatic rings. The average molecular weight is 1710 g/mol. The van der Waals surface area contributed by atoms with Gasteiger partial charge in [-0.25, -0.2) is 9.13 Å². The molecule has 0 aromatic carbocycles. The highest BCUT2D eigenvalue weighted by Gasteiger charge is 2.30. The number of phosphoric acid groups is 2. The Kier molecular flexibility index (Phi) is 88.6. The summed E-state index contributed by atoms with van der Waals surface area (Å²) >= 11 is 0. The molecular formula is C101H174O16P2. The third-order valence-corrected chi connectivity index (χ3v) is 22.1. The van der Waals surface area contributed by atoms with E-state index >= 15 is 0 Å². The highest BCUT2D eigenvalue weighted by Crippen LogP contribution is 2.45. The van der Waals surface area contributed by atoms with Crippen LogP contribution in [0.2, 0.25) is 0 Å². The van der Waals surface area contributed by atoms with E-state index in [1.807, 2.05) is 0 Å². The van der Waals surface area contributed by atoms with E-state index in [2.05, 4.69) is 179 Å². The number of ether oxygens (including phenoxy) is 3. The fourth-order valence-corrected chi connectivity index (χ4v) is 14.6. The summed E-state index contributed by atoms with van der Waals surface area (Å²) in [6, 6.07) is 0. The van der Waals surface area contributed by atoms with Crippen LogP contribution in [0.4, 0.5) is 0 Å². The predicted octanol–water partition coefficient (Wildman–Crippen LogP) is 29.7. The zero-order valence-electron chi connectivity index (χ0n) is 75.5. The van der Waals surface area contributed by atoms with Crippen molar-refractivity contribution in [2.45, 2.75) is 424 Å². The number of hydrogen-bond donors (Lipinski definition) is 4. The summed E-state index contributed by atoms with van der Waals surface area (Å²) in [6.45, 7) is 2.55. The molecule has 0 spiro atoms. The first-order valence-electron chi connectivity index (χ1n) is 47.8. The molecule has 0 saturated carbocycles. The predicted molar refractivity (Wildman–Crippen MR) is 500 cm³/mol. The van der Waals surface area contributed by atoms with Gasteiger partial charge in [0.05, 0.1) is 26.4 Å². The number of phosphoric ester groups is 2. The molecule has 0 heterocycles. The summed E-state index contributed by atoms with van der Waals surface area (Å²) in [7, 11) is -9.82. The standard InChI is InChI=1S/C101H174O16P2/c1-4-7-10-13-16-19-22-25-28-31-34-37-40-42-44-45-46-47-48-49-51-53-55-57-60-63-66-69-72-75-78-81-84-87-99(104)111-90-96(102)91-113-118(107,108)114-92-97(103)93-115-119(109,110)116-95-98(117-101(106)89-86-83-80-77-74-71-68-65-62-59-54-39-36-33-30-27-24-21-18-15-12-9-6-3)94-112-100(105)88-85-82-79-76-73-70-67-64-61-58-56-52-50-43-41-38-35-32-29-26-23-20-17-14-11-8-5-2/h8,11,16-21,25-30,34-39,42-44,50,59,62,96-98,102-103H,4-7,9-10,12-15,22-24,31-33,40-41,45-49,51-58,60-61,63-95H2,1-3H3,(H,107,108)(H,109,110)/b11-8-,19-16-,20-17-,21-18-,28-25-,29-26-,30-27-,37-34-,38-35-,39-36-,44-42-,50-43-,62-59-. The molecule has 0 fully saturated rings. The summed E-state index contributed by atoms with van der Waals surface area (Å²) in [5.41, 5.74) is 0. The van der Waals surface area contributed by atoms with Crippen molar-refractivity contribution in [1.29, 1.82) is 0 Å². The molecule has 684 valence electrons. The molecule has 0 radical (unpaired) electrons. The molecule has 0 aliphatic heterocycles. The van der Waals surface area contributed by atoms with E-state index in [0.29, 0.717) is 19.3 Å². The monoisotopic (exact) mass is 1710 g/mol. The van der Waals surface area contributed by atoms with Crippen LogP contribution in [0.5, 0.6) is 0 Å². The third kappa shape index (κ3) is 93.7. The van der Waals surface area contributed by atoms with Crippen LogP contribution >= 0.6 is 15.6 Å². The number of rotatable bonds is 90. The van der Waals surface area contributed by atoms with Crippen molar-refractivity contribution < 1.29 is 75.8 Å². The Morgan fingerprint density at radius 3 is 0.706 bits per heavy atom. The van der Waals surface area contributed by atoms with Crippen LogP contribution in [0, 0.1) is 0 Å². The third-order valence-electron chi connectivity index (χ3n) is 20.2. The summed E-state index contributed by atoms with van der Waals surface area (Å²) in [4.78, 5) is 59.1. The van der Waals surface area contributed by atoms with Crippen LogP contribution in [0.1, 0.15) is 406 Å². The molecule has 0 rings (SSSR count). The Morgan fingerprint density at radius 1 is 0.244 bits per heavy atom. The summed E-state index contributed by atoms with van der Waals surface area (Å²) < 4.78 is 61.5. The molecule has 119 heavy (non-hydrogen) atoms. The number of aliphatic hydroxyl groups excluding tert-OH is 2. The molecule has 0 saturated heterocycles. The number of carbonyl (C=O) groups excluding carboxylic acids is 3. The Bertz CT molecular complexity index is 2790. The number of allylic oxidation sites excluding steroid dienone is 26. The van der Waals surface area contributed by atoms with Crippen LogP contribution < -0.4 is 0 Å². The van der Waals surface area contributed by atoms with Gasteiger partial charge in [0.1, 0.15) is 25.4 Å². The Morgan fingerprint density at radius 2 is 0.445 bits per heavy atom. The lowest BCUT2D eigenvalue weighted by molar-refractivity contribution is -0.161. The largest absolute Gasteiger partial charge is 0.472 e. The Hall–Kier alpha value is -4.83. The first kappa shape index (κ1) is 114. The fraction of sp³-hybridized carbons (Fsp3) is 0.713. The van der Waals surface area contributed by atoms with Gasteiger partial charge in [0, 0.05) is 19.3 Å². The molecule has 0 amide bonds. The quantitative estimate of drug-likeness (QED) is 0.0146. The second kappa shape index (κ2) is 92.4. The van der Waals surface area contributed by atoms with E-state index < -0.39 is 91.5 Å². The van der Waals surface area contributed by atoms with Gasteiger partial charge in [0.15, 0.2) is 6.10 Å². The molecule has 18 heteroatoms. The van der Waals surface area contributed by atoms with Gasteiger partial charge >= 0.3 is 33.6 Å². The first-order chi connectivity index (χ1) is 58.2. The zero-order valence-corrected chi connectivity index (χ0v) is 77.3. The van der Waals surface area contributed by atoms with E-state index in [1.165, 1.54) is 180 Å². The van der Waals surface area contributed by atoms with Crippen molar-refractivity contribution in [3.8, 4) is 0 Å². The van der Waals surface area contributed by atoms with Crippen molar-refractivity contribution in [2.24, 2.45) is 0 Å². The number of unbranched alkanes of at least 4 members (excludes halogenated alkanes) is 41. The lowest BCUT2D eigenvalue weighted by Gasteiger charge is -2.21. The topological polar surface area (TPSA) is 231 Å². The van der Waals surface area contributed by atoms with E-state index in [9.17, 15) is 43.5 Å². The maximum absolute atomic E-state index is 13.1. The average Bonchev–Trinajstić information content (AvgIpc) is 0.902. The first-order valence-corrected chi connectivity index (χ1v) is 50.8. The highest BCUT2D eigenvalue weighted by molar-refractivity contribution is 7.47. The van der Waals surface area contributed by atoms with Gasteiger partial charge in [0.2, 0.25) is 0 Å². The minimum Gasteiger partial charge on any atom is -0.463 e. The lowest BCUT2D eigenvalue weighted by Crippen LogP contribution is -2.30. The minimum atomic E-state index is -4.95. The zero-order chi connectivity index (χ0) is 86.5. The number of carbonyl (C=O) groups is 3. The van der Waals surface area contributed by atoms with Gasteiger partial charge in [-0.3, -0.25) is 32.5 Å². The fourth-order valence-electron chi connectivity index (χ4n) is 13.0. The summed E-state index contributed by atoms with van der Waals surface area (Å²) in [5, 5.41) is 20.8. The molecule has 16 nitrogen and oxygen atoms in total. The van der Waals surface area contributed by atoms with Crippen molar-refractivity contribution >= 4 is 33.6 Å². The van der Waals surface area contributed by atoms with Gasteiger partial charge in [-0.05, 0) is 154 Å². The molecule has 0 bridgehead atoms. The van der Waals surface area contributed by atoms with E-state index in [0.717, 1.165) is 167 Å². The number of aliphatic hydroxyl groups is 2. The summed E-state index contributed by atoms with van der Waals surface area (Å²) in [5.74, 6) is -1.58. The van der Waals surface area contributed by atoms with Crippen LogP contribution in [-0.4, -0.2) is 95.9 Å². The van der Waals surface area contributed by atoms with Crippen LogP contribution in [0.3, 0.4) is 0 Å². The normalized spacial score (nSPS) is 14.4. The van der Waals surface area contributed by atoms with Crippen LogP contribution in [0.25, 0.3) is 0 Å². The van der Waals surface area contributed by atoms with Crippen LogP contribution in [-0.2, 0) is 55.8 Å². The van der Waals surface area contributed by atoms with Gasteiger partial charge in [0.25, 0.3) is 0 Å². The van der Waals surface area contributed by atoms with Gasteiger partial charge in [-0.2, -0.15) is 0 Å². The second-order valence-electron chi connectivity index (χ2n) is 31.8. The smallest absolute Gasteiger partial charge is 0.463 e. The number of hydrogen-bond acceptors (Lipinski definition) is 14. The molecule has 0 aromatic heterocycles. The van der Waals surface area contributed by atoms with Crippen molar-refractivity contribution in [1.82, 2.24) is 0 Å². The van der Waals surface area contributed by atoms with E-state index in [1.54, 1.807) is 0 Å². The molecule has 0 aliphatic rings. The van der Waals surface area contributed by atoms with E-state index in [4.69, 9.17) is 32.3 Å². The second-order valence-corrected chi connectivity index (χ2v) is 34.7. The van der Waals surface area contributed by atoms with Gasteiger partial charge in [-0.15, -0.1) is 0 Å². The Balaban J connectivity index is 4.58. The summed E-state index contributed by atoms with van der Waals surface area (Å²) in [6.07, 6.45) is 119. The Labute approximate surface area is 727 Å². The molecule has 5 atom stereocenters. The molecule has 0 aliphatic carbocycles. The van der Waals surface area contributed by atoms with Crippen LogP contribution in [0.15, 0.2) is 158 Å². The molecule has 4 N–H and O–H groups in total. The van der Waals surface area contributed by atoms with Gasteiger partial charge < -0.3 is 34.2 Å². The number of esters is 3. The highest BCUT2D eigenvalue weighted by atomic mass is 31.2. The minimum absolute atomic E-state index is 0.0883. The van der Waals surface area contributed by atoms with E-state index in [-0.39, 0.29) is 19.3 Å². The lowest BCUT2D eigenvalue weighted by atomic mass is 10.0. The van der Waals surface area contributed by atoms with Crippen molar-refractivity contribution in [3.05, 3.63) is 158 Å². The SMILES string of the molecule is CC/C=C\C/C=C\C/C=C\C/C=C\C/C=C\CCCCCCCCCCCCCC(=O)OCC(COP(=O)(O)OCC(O)COP(=O)(O)OCC(O)COC(=O)CCCCCCCCCCCCCCCCCCC/C=C\C/C=C\C/C=C\C/C=C\CCCCC)OC(=O)CCCCCCCCC/C=C\C/C=C\C/C=C\C/C=C\CCCCC. The maximum Gasteiger partial charge on any atom is 0.472 e. The van der Waals surface area contributed by atoms with Crippen molar-refractivity contribution in [3.63, 3.8) is 0 Å². The maximum atomic E-state index is 13.1. The molecular weight excluding hydrogens is 1530 g/mol. The molecule has 5 unspecified atom stereocenters. The van der Waals surface area contributed by atoms with Gasteiger partial charge in [-0.1, -0.05) is 391 Å². The van der Waals surface area contributed by atoms with Crippen molar-refractivity contribution in [2.75, 3.05) is 39.6 Å².